The van der Waals surface area contributed by atoms with Crippen LogP contribution in [-0.2, 0) is 0 Å². The van der Waals surface area contributed by atoms with E-state index in [1.807, 2.05) is 10.6 Å². The van der Waals surface area contributed by atoms with Crippen molar-refractivity contribution in [3.05, 3.63) is 30.8 Å². The molecule has 24 heavy (non-hydrogen) atoms. The molecule has 0 spiro atoms. The largest absolute Gasteiger partial charge is 0.394 e. The molecule has 0 saturated carbocycles. The number of rotatable bonds is 4. The summed E-state index contributed by atoms with van der Waals surface area (Å²) in [5.41, 5.74) is 10.5. The van der Waals surface area contributed by atoms with E-state index in [2.05, 4.69) is 38.9 Å². The minimum Gasteiger partial charge on any atom is -0.394 e. The summed E-state index contributed by atoms with van der Waals surface area (Å²) in [5.74, 6) is 0.894. The molecule has 1 atom stereocenters. The summed E-state index contributed by atoms with van der Waals surface area (Å²) in [6.45, 7) is 7.05. The minimum absolute atomic E-state index is 0. The molecule has 1 aliphatic rings. The van der Waals surface area contributed by atoms with Crippen molar-refractivity contribution < 1.29 is 9.59 Å². The zero-order valence-corrected chi connectivity index (χ0v) is 15.6. The van der Waals surface area contributed by atoms with Crippen molar-refractivity contribution in [3.8, 4) is 0 Å². The van der Waals surface area contributed by atoms with E-state index in [4.69, 9.17) is 10.8 Å². The Balaban J connectivity index is 0.00000208. The Morgan fingerprint density at radius 3 is 2.71 bits per heavy atom. The summed E-state index contributed by atoms with van der Waals surface area (Å²) >= 11 is 0. The fraction of sp³-hybridized carbons (Fsp3) is 0.556. The zero-order valence-electron chi connectivity index (χ0n) is 15.6. The number of nitrogens with two attached hydrogens (primary N) is 1. The van der Waals surface area contributed by atoms with Crippen LogP contribution in [0.1, 0.15) is 17.7 Å². The average molecular weight is 333 g/mol. The highest BCUT2D eigenvalue weighted by atomic mass is 16.3. The van der Waals surface area contributed by atoms with Gasteiger partial charge in [-0.3, -0.25) is 0 Å². The summed E-state index contributed by atoms with van der Waals surface area (Å²) in [7, 11) is 4.37. The molecule has 3 N–H and O–H groups in total. The molecule has 1 unspecified atom stereocenters. The van der Waals surface area contributed by atoms with Crippen molar-refractivity contribution in [2.24, 2.45) is 0 Å². The Morgan fingerprint density at radius 2 is 2.04 bits per heavy atom. The lowest BCUT2D eigenvalue weighted by atomic mass is 10.2. The van der Waals surface area contributed by atoms with Gasteiger partial charge in [0.25, 0.3) is 0 Å². The third-order valence-corrected chi connectivity index (χ3v) is 5.45. The Morgan fingerprint density at radius 1 is 1.33 bits per heavy atom. The average Bonchev–Trinajstić information content (AvgIpc) is 3.09. The summed E-state index contributed by atoms with van der Waals surface area (Å²) in [6, 6.07) is 4.64. The van der Waals surface area contributed by atoms with Crippen molar-refractivity contribution in [2.45, 2.75) is 26.3 Å². The van der Waals surface area contributed by atoms with Crippen LogP contribution in [0.25, 0.3) is 5.52 Å². The first-order valence-electron chi connectivity index (χ1n) is 8.28. The fourth-order valence-electron chi connectivity index (χ4n) is 3.52. The van der Waals surface area contributed by atoms with E-state index in [-0.39, 0.29) is 14.0 Å². The van der Waals surface area contributed by atoms with Gasteiger partial charge in [-0.1, -0.05) is 6.07 Å². The lowest BCUT2D eigenvalue weighted by molar-refractivity contribution is -0.912. The van der Waals surface area contributed by atoms with E-state index in [9.17, 15) is 5.11 Å². The molecule has 0 amide bonds. The summed E-state index contributed by atoms with van der Waals surface area (Å²) < 4.78 is 2.79. The molecule has 1 fully saturated rings. The first-order chi connectivity index (χ1) is 10.8. The second-order valence-corrected chi connectivity index (χ2v) is 7.25. The number of quaternary nitrogens is 1. The summed E-state index contributed by atoms with van der Waals surface area (Å²) in [5, 5.41) is 14.1. The van der Waals surface area contributed by atoms with Crippen LogP contribution in [0.15, 0.2) is 12.1 Å². The van der Waals surface area contributed by atoms with Gasteiger partial charge in [-0.15, -0.1) is 5.10 Å². The van der Waals surface area contributed by atoms with Gasteiger partial charge < -0.3 is 27.6 Å². The molecule has 6 nitrogen and oxygen atoms in total. The van der Waals surface area contributed by atoms with E-state index < -0.39 is 0 Å². The number of hydrogen-bond acceptors (Lipinski definition) is 4. The molecule has 0 bridgehead atoms. The van der Waals surface area contributed by atoms with Crippen LogP contribution < -0.4 is 10.6 Å². The van der Waals surface area contributed by atoms with Crippen LogP contribution in [0.5, 0.6) is 0 Å². The van der Waals surface area contributed by atoms with E-state index in [1.165, 1.54) is 5.56 Å². The maximum atomic E-state index is 9.28. The van der Waals surface area contributed by atoms with Gasteiger partial charge in [-0.25, -0.2) is 4.52 Å². The van der Waals surface area contributed by atoms with Crippen LogP contribution in [0.2, 0.25) is 0 Å². The highest BCUT2D eigenvalue weighted by Crippen LogP contribution is 2.32. The van der Waals surface area contributed by atoms with Gasteiger partial charge in [-0.2, -0.15) is 0 Å². The molecule has 1 saturated heterocycles. The first kappa shape index (κ1) is 18.5. The number of aliphatic hydroxyl groups excluding tert-OH is 1. The SMILES string of the molecule is Cc1ccc2c(N)c(N3CCC([N+](C)(C)CCO)C3)nn2c1C.[CH3-]. The van der Waals surface area contributed by atoms with Crippen molar-refractivity contribution in [1.29, 1.82) is 0 Å². The number of aromatic nitrogens is 2. The molecule has 2 aromatic heterocycles. The van der Waals surface area contributed by atoms with Gasteiger partial charge in [0.15, 0.2) is 5.82 Å². The van der Waals surface area contributed by atoms with Crippen molar-refractivity contribution in [1.82, 2.24) is 9.61 Å². The number of aryl methyl sites for hydroxylation is 2. The molecule has 3 heterocycles. The Bertz CT molecular complexity index is 722. The van der Waals surface area contributed by atoms with Crippen LogP contribution in [0.4, 0.5) is 11.5 Å². The Labute approximate surface area is 145 Å². The molecule has 3 rings (SSSR count). The van der Waals surface area contributed by atoms with Crippen LogP contribution in [0.3, 0.4) is 0 Å². The van der Waals surface area contributed by atoms with Gasteiger partial charge >= 0.3 is 0 Å². The van der Waals surface area contributed by atoms with E-state index in [1.54, 1.807) is 0 Å². The number of likely N-dealkylation sites (N-methyl/N-ethyl adjacent to an activating group) is 1. The van der Waals surface area contributed by atoms with Crippen molar-refractivity contribution >= 4 is 17.0 Å². The quantitative estimate of drug-likeness (QED) is 0.659. The van der Waals surface area contributed by atoms with Crippen molar-refractivity contribution in [3.63, 3.8) is 0 Å². The standard InChI is InChI=1S/C17H28N5O.CH3/c1-12-5-6-15-16(18)17(19-21(15)13(12)2)20-8-7-14(11-20)22(3,4)9-10-23;/h5-6,14,23H,7-11,18H2,1-4H3;1H3/q+1;-1. The fourth-order valence-corrected chi connectivity index (χ4v) is 3.52. The minimum atomic E-state index is 0. The molecular formula is C18H31N5O. The zero-order chi connectivity index (χ0) is 16.8. The Hall–Kier alpha value is -1.79. The number of hydrogen-bond donors (Lipinski definition) is 2. The third-order valence-electron chi connectivity index (χ3n) is 5.45. The highest BCUT2D eigenvalue weighted by Gasteiger charge is 2.36. The molecule has 0 aromatic carbocycles. The lowest BCUT2D eigenvalue weighted by Crippen LogP contribution is -2.51. The van der Waals surface area contributed by atoms with E-state index >= 15 is 0 Å². The molecule has 2 aromatic rings. The monoisotopic (exact) mass is 333 g/mol. The van der Waals surface area contributed by atoms with Crippen LogP contribution in [-0.4, -0.2) is 65.6 Å². The lowest BCUT2D eigenvalue weighted by Gasteiger charge is -2.35. The van der Waals surface area contributed by atoms with Gasteiger partial charge in [0, 0.05) is 18.7 Å². The molecule has 6 heteroatoms. The van der Waals surface area contributed by atoms with Crippen molar-refractivity contribution in [2.75, 3.05) is 51.0 Å². The maximum absolute atomic E-state index is 9.28. The molecular weight excluding hydrogens is 302 g/mol. The second-order valence-electron chi connectivity index (χ2n) is 7.25. The number of fused-ring (bicyclic) bond motifs is 1. The number of pyridine rings is 1. The summed E-state index contributed by atoms with van der Waals surface area (Å²) in [6.07, 6.45) is 1.10. The number of nitrogens with zero attached hydrogens (tertiary/aromatic N) is 4. The maximum Gasteiger partial charge on any atom is 0.175 e. The first-order valence-corrected chi connectivity index (χ1v) is 8.28. The predicted molar refractivity (Wildman–Crippen MR) is 100 cm³/mol. The van der Waals surface area contributed by atoms with Gasteiger partial charge in [0.1, 0.15) is 18.3 Å². The summed E-state index contributed by atoms with van der Waals surface area (Å²) in [4.78, 5) is 2.29. The number of aliphatic hydroxyl groups is 1. The smallest absolute Gasteiger partial charge is 0.175 e. The van der Waals surface area contributed by atoms with Crippen LogP contribution in [0, 0.1) is 21.3 Å². The molecule has 0 aliphatic carbocycles. The third kappa shape index (κ3) is 2.96. The van der Waals surface area contributed by atoms with Gasteiger partial charge in [0.2, 0.25) is 0 Å². The second kappa shape index (κ2) is 6.61. The normalized spacial score (nSPS) is 18.2. The van der Waals surface area contributed by atoms with E-state index in [0.29, 0.717) is 6.04 Å². The molecule has 134 valence electrons. The van der Waals surface area contributed by atoms with Gasteiger partial charge in [-0.05, 0) is 25.5 Å². The molecule has 0 radical (unpaired) electrons. The number of nitrogen functional groups attached to an aromatic ring is 1. The van der Waals surface area contributed by atoms with Crippen LogP contribution >= 0.6 is 0 Å². The van der Waals surface area contributed by atoms with E-state index in [0.717, 1.165) is 53.3 Å². The number of anilines is 2. The Kier molecular flexibility index (Phi) is 5.11. The predicted octanol–water partition coefficient (Wildman–Crippen LogP) is 1.63. The van der Waals surface area contributed by atoms with Gasteiger partial charge in [0.05, 0.1) is 32.8 Å². The highest BCUT2D eigenvalue weighted by molar-refractivity contribution is 5.82. The molecule has 1 aliphatic heterocycles. The topological polar surface area (TPSA) is 66.8 Å².